The second kappa shape index (κ2) is 10.2. The lowest BCUT2D eigenvalue weighted by Gasteiger charge is -2.36. The number of hydrogen-bond acceptors (Lipinski definition) is 7. The van der Waals surface area contributed by atoms with E-state index < -0.39 is 6.10 Å². The molecule has 0 spiro atoms. The number of aromatic nitrogens is 4. The number of pyridine rings is 1. The average molecular weight is 483 g/mol. The van der Waals surface area contributed by atoms with Gasteiger partial charge in [-0.2, -0.15) is 0 Å². The highest BCUT2D eigenvalue weighted by Gasteiger charge is 2.30. The molecule has 1 fully saturated rings. The lowest BCUT2D eigenvalue weighted by Crippen LogP contribution is -2.51. The molecule has 0 saturated carbocycles. The van der Waals surface area contributed by atoms with Gasteiger partial charge < -0.3 is 19.9 Å². The zero-order chi connectivity index (χ0) is 25.1. The molecule has 1 saturated heterocycles. The van der Waals surface area contributed by atoms with E-state index in [1.807, 2.05) is 47.0 Å². The molecule has 3 N–H and O–H groups in total. The second-order valence-corrected chi connectivity index (χ2v) is 8.93. The number of benzene rings is 1. The normalized spacial score (nSPS) is 14.6. The first-order valence-electron chi connectivity index (χ1n) is 11.7. The van der Waals surface area contributed by atoms with Crippen molar-refractivity contribution in [1.82, 2.24) is 24.6 Å². The van der Waals surface area contributed by atoms with E-state index in [-0.39, 0.29) is 11.8 Å². The Kier molecular flexibility index (Phi) is 6.62. The van der Waals surface area contributed by atoms with Gasteiger partial charge in [0, 0.05) is 61.0 Å². The fourth-order valence-corrected chi connectivity index (χ4v) is 4.08. The third-order valence-electron chi connectivity index (χ3n) is 6.10. The molecule has 0 aliphatic carbocycles. The van der Waals surface area contributed by atoms with Crippen molar-refractivity contribution in [2.24, 2.45) is 11.7 Å². The van der Waals surface area contributed by atoms with Crippen LogP contribution in [-0.4, -0.2) is 48.7 Å². The Bertz CT molecular complexity index is 1400. The number of aliphatic hydroxyl groups is 1. The summed E-state index contributed by atoms with van der Waals surface area (Å²) in [7, 11) is 0. The highest BCUT2D eigenvalue weighted by molar-refractivity contribution is 5.78. The summed E-state index contributed by atoms with van der Waals surface area (Å²) in [6, 6.07) is 13.6. The quantitative estimate of drug-likeness (QED) is 0.388. The Morgan fingerprint density at radius 2 is 1.86 bits per heavy atom. The van der Waals surface area contributed by atoms with E-state index in [9.17, 15) is 9.90 Å². The van der Waals surface area contributed by atoms with Gasteiger partial charge in [0.15, 0.2) is 5.76 Å². The highest BCUT2D eigenvalue weighted by Crippen LogP contribution is 2.22. The van der Waals surface area contributed by atoms with Crippen LogP contribution in [0.5, 0.6) is 0 Å². The molecule has 1 aliphatic heterocycles. The first-order valence-corrected chi connectivity index (χ1v) is 11.7. The molecule has 9 heteroatoms. The third kappa shape index (κ3) is 5.35. The van der Waals surface area contributed by atoms with Crippen LogP contribution in [0.3, 0.4) is 0 Å². The predicted octanol–water partition coefficient (Wildman–Crippen LogP) is 2.35. The Morgan fingerprint density at radius 3 is 2.56 bits per heavy atom. The Labute approximate surface area is 208 Å². The Hall–Kier alpha value is -4.26. The van der Waals surface area contributed by atoms with Crippen LogP contribution in [0.25, 0.3) is 11.3 Å². The van der Waals surface area contributed by atoms with Crippen LogP contribution in [0.4, 0.5) is 0 Å². The van der Waals surface area contributed by atoms with Crippen LogP contribution in [0.2, 0.25) is 0 Å². The van der Waals surface area contributed by atoms with Crippen molar-refractivity contribution in [1.29, 1.82) is 0 Å². The largest absolute Gasteiger partial charge is 0.385 e. The van der Waals surface area contributed by atoms with E-state index >= 15 is 0 Å². The van der Waals surface area contributed by atoms with Crippen molar-refractivity contribution < 1.29 is 14.4 Å². The molecule has 3 aromatic heterocycles. The summed E-state index contributed by atoms with van der Waals surface area (Å²) in [5, 5.41) is 14.0. The summed E-state index contributed by atoms with van der Waals surface area (Å²) in [5.74, 6) is 7.27. The molecule has 182 valence electrons. The predicted molar refractivity (Wildman–Crippen MR) is 132 cm³/mol. The molecule has 1 atom stereocenters. The zero-order valence-electron chi connectivity index (χ0n) is 19.8. The van der Waals surface area contributed by atoms with Gasteiger partial charge in [-0.3, -0.25) is 14.7 Å². The summed E-state index contributed by atoms with van der Waals surface area (Å²) in [5.41, 5.74) is 9.60. The maximum atomic E-state index is 11.1. The number of hydrogen-bond donors (Lipinski definition) is 2. The minimum absolute atomic E-state index is 0.0426. The van der Waals surface area contributed by atoms with E-state index in [1.165, 1.54) is 0 Å². The first-order chi connectivity index (χ1) is 17.4. The number of carbonyl (C=O) groups excluding carboxylic acids is 1. The molecule has 4 aromatic rings. The van der Waals surface area contributed by atoms with E-state index in [1.54, 1.807) is 25.5 Å². The van der Waals surface area contributed by atoms with Gasteiger partial charge in [0.1, 0.15) is 17.6 Å². The van der Waals surface area contributed by atoms with Crippen molar-refractivity contribution in [3.63, 3.8) is 0 Å². The maximum absolute atomic E-state index is 11.1. The molecule has 1 amide bonds. The molecule has 0 bridgehead atoms. The summed E-state index contributed by atoms with van der Waals surface area (Å²) in [6.45, 7) is 4.23. The molecule has 5 rings (SSSR count). The van der Waals surface area contributed by atoms with Gasteiger partial charge >= 0.3 is 0 Å². The maximum Gasteiger partial charge on any atom is 0.223 e. The smallest absolute Gasteiger partial charge is 0.223 e. The van der Waals surface area contributed by atoms with Crippen LogP contribution in [0, 0.1) is 17.8 Å². The van der Waals surface area contributed by atoms with Crippen molar-refractivity contribution in [2.75, 3.05) is 13.1 Å². The first kappa shape index (κ1) is 23.5. The number of amides is 1. The number of nitrogens with two attached hydrogens (primary N) is 1. The molecular weight excluding hydrogens is 456 g/mol. The number of nitrogens with zero attached hydrogens (tertiary/aromatic N) is 5. The van der Waals surface area contributed by atoms with Crippen LogP contribution in [0.15, 0.2) is 65.6 Å². The van der Waals surface area contributed by atoms with Crippen molar-refractivity contribution in [3.8, 4) is 23.2 Å². The summed E-state index contributed by atoms with van der Waals surface area (Å²) >= 11 is 0. The van der Waals surface area contributed by atoms with E-state index in [0.717, 1.165) is 28.1 Å². The highest BCUT2D eigenvalue weighted by atomic mass is 16.5. The van der Waals surface area contributed by atoms with E-state index in [4.69, 9.17) is 10.3 Å². The molecule has 1 aromatic carbocycles. The number of primary amides is 1. The van der Waals surface area contributed by atoms with Crippen LogP contribution in [0.1, 0.15) is 41.4 Å². The van der Waals surface area contributed by atoms with Gasteiger partial charge in [-0.25, -0.2) is 4.98 Å². The van der Waals surface area contributed by atoms with Gasteiger partial charge in [0.05, 0.1) is 18.2 Å². The second-order valence-electron chi connectivity index (χ2n) is 8.93. The van der Waals surface area contributed by atoms with Gasteiger partial charge in [0.25, 0.3) is 0 Å². The molecule has 0 unspecified atom stereocenters. The standard InChI is InChI=1S/C27H26N6O3/c1-18(34)27-29-10-11-33(27)17-24-12-25(36-31-24)21-7-4-19(5-8-21)2-3-20-6-9-23(30-13-20)16-32-14-22(15-32)26(28)35/h4-13,18,22,34H,14-17H2,1H3,(H2,28,35)/t18-/m0/s1. The Morgan fingerprint density at radius 1 is 1.11 bits per heavy atom. The number of carbonyl (C=O) groups is 1. The lowest BCUT2D eigenvalue weighted by atomic mass is 9.99. The van der Waals surface area contributed by atoms with Crippen molar-refractivity contribution in [2.45, 2.75) is 26.1 Å². The number of rotatable bonds is 7. The number of likely N-dealkylation sites (tertiary alicyclic amines) is 1. The van der Waals surface area contributed by atoms with Gasteiger partial charge in [-0.1, -0.05) is 17.0 Å². The van der Waals surface area contributed by atoms with Crippen LogP contribution < -0.4 is 5.73 Å². The van der Waals surface area contributed by atoms with E-state index in [2.05, 4.69) is 31.9 Å². The third-order valence-corrected chi connectivity index (χ3v) is 6.10. The molecule has 4 heterocycles. The number of imidazole rings is 1. The zero-order valence-corrected chi connectivity index (χ0v) is 19.8. The molecule has 36 heavy (non-hydrogen) atoms. The van der Waals surface area contributed by atoms with Crippen molar-refractivity contribution >= 4 is 5.91 Å². The fourth-order valence-electron chi connectivity index (χ4n) is 4.08. The molecule has 0 radical (unpaired) electrons. The average Bonchev–Trinajstić information content (AvgIpc) is 3.51. The summed E-state index contributed by atoms with van der Waals surface area (Å²) in [6.07, 6.45) is 4.57. The topological polar surface area (TPSA) is 123 Å². The van der Waals surface area contributed by atoms with Crippen LogP contribution >= 0.6 is 0 Å². The summed E-state index contributed by atoms with van der Waals surface area (Å²) < 4.78 is 7.36. The molecular formula is C27H26N6O3. The SMILES string of the molecule is C[C@H](O)c1nccn1Cc1cc(-c2ccc(C#Cc3ccc(CN4CC(C(N)=O)C4)nc3)cc2)on1. The molecule has 9 nitrogen and oxygen atoms in total. The number of aliphatic hydroxyl groups excluding tert-OH is 1. The monoisotopic (exact) mass is 482 g/mol. The Balaban J connectivity index is 1.18. The van der Waals surface area contributed by atoms with Crippen molar-refractivity contribution in [3.05, 3.63) is 89.4 Å². The van der Waals surface area contributed by atoms with Gasteiger partial charge in [0.2, 0.25) is 5.91 Å². The molecule has 1 aliphatic rings. The minimum atomic E-state index is -0.656. The summed E-state index contributed by atoms with van der Waals surface area (Å²) in [4.78, 5) is 21.9. The lowest BCUT2D eigenvalue weighted by molar-refractivity contribution is -0.127. The van der Waals surface area contributed by atoms with Gasteiger partial charge in [-0.05, 0) is 43.3 Å². The van der Waals surface area contributed by atoms with Crippen LogP contribution in [-0.2, 0) is 17.9 Å². The van der Waals surface area contributed by atoms with E-state index in [0.29, 0.717) is 37.8 Å². The van der Waals surface area contributed by atoms with Gasteiger partial charge in [-0.15, -0.1) is 0 Å². The fraction of sp³-hybridized carbons (Fsp3) is 0.259. The minimum Gasteiger partial charge on any atom is -0.385 e.